The molecule has 1 aromatic heterocycles. The van der Waals surface area contributed by atoms with E-state index in [2.05, 4.69) is 4.98 Å². The number of aliphatic hydroxyl groups is 1. The number of unbranched alkanes of at least 4 members (excludes halogenated alkanes) is 1. The van der Waals surface area contributed by atoms with Crippen LogP contribution >= 0.6 is 0 Å². The minimum Gasteiger partial charge on any atom is -0.395 e. The summed E-state index contributed by atoms with van der Waals surface area (Å²) in [5, 5.41) is 8.95. The van der Waals surface area contributed by atoms with Crippen molar-refractivity contribution in [1.29, 1.82) is 0 Å². The van der Waals surface area contributed by atoms with Crippen LogP contribution in [0.2, 0.25) is 0 Å². The lowest BCUT2D eigenvalue weighted by Gasteiger charge is -2.19. The van der Waals surface area contributed by atoms with E-state index in [1.54, 1.807) is 11.6 Å². The van der Waals surface area contributed by atoms with Gasteiger partial charge >= 0.3 is 0 Å². The molecule has 17 heavy (non-hydrogen) atoms. The van der Waals surface area contributed by atoms with Crippen molar-refractivity contribution in [2.45, 2.75) is 24.8 Å². The Morgan fingerprint density at radius 3 is 2.65 bits per heavy atom. The highest BCUT2D eigenvalue weighted by molar-refractivity contribution is 7.89. The normalized spacial score (nSPS) is 12.2. The van der Waals surface area contributed by atoms with Crippen molar-refractivity contribution >= 4 is 10.0 Å². The van der Waals surface area contributed by atoms with Crippen LogP contribution in [0, 0.1) is 0 Å². The molecule has 1 rings (SSSR count). The molecular weight excluding hydrogens is 242 g/mol. The highest BCUT2D eigenvalue weighted by Crippen LogP contribution is 2.13. The highest BCUT2D eigenvalue weighted by Gasteiger charge is 2.25. The summed E-state index contributed by atoms with van der Waals surface area (Å²) in [5.74, 6) is 0. The van der Waals surface area contributed by atoms with E-state index >= 15 is 0 Å². The van der Waals surface area contributed by atoms with E-state index in [1.165, 1.54) is 16.8 Å². The predicted octanol–water partition coefficient (Wildman–Crippen LogP) is 0.203. The number of imidazole rings is 1. The molecule has 0 aliphatic carbocycles. The molecule has 1 heterocycles. The number of rotatable bonds is 7. The summed E-state index contributed by atoms with van der Waals surface area (Å²) in [4.78, 5) is 3.85. The fraction of sp³-hybridized carbons (Fsp3) is 0.700. The second-order valence-electron chi connectivity index (χ2n) is 3.86. The molecule has 0 atom stereocenters. The van der Waals surface area contributed by atoms with Crippen molar-refractivity contribution in [2.24, 2.45) is 7.05 Å². The molecule has 0 fully saturated rings. The van der Waals surface area contributed by atoms with Crippen LogP contribution in [0.5, 0.6) is 0 Å². The SMILES string of the molecule is CCCCN(CCO)S(=O)(=O)c1cn(C)cn1. The number of hydrogen-bond acceptors (Lipinski definition) is 4. The minimum absolute atomic E-state index is 0.0320. The molecule has 0 unspecified atom stereocenters. The Kier molecular flexibility index (Phi) is 5.10. The summed E-state index contributed by atoms with van der Waals surface area (Å²) in [7, 11) is -1.86. The molecule has 6 nitrogen and oxygen atoms in total. The highest BCUT2D eigenvalue weighted by atomic mass is 32.2. The Morgan fingerprint density at radius 2 is 2.18 bits per heavy atom. The zero-order valence-corrected chi connectivity index (χ0v) is 11.0. The van der Waals surface area contributed by atoms with Crippen LogP contribution in [0.4, 0.5) is 0 Å². The predicted molar refractivity (Wildman–Crippen MR) is 64.0 cm³/mol. The van der Waals surface area contributed by atoms with E-state index in [-0.39, 0.29) is 18.2 Å². The first-order valence-electron chi connectivity index (χ1n) is 5.61. The molecule has 0 amide bonds. The zero-order chi connectivity index (χ0) is 12.9. The first-order valence-corrected chi connectivity index (χ1v) is 7.05. The lowest BCUT2D eigenvalue weighted by molar-refractivity contribution is 0.252. The summed E-state index contributed by atoms with van der Waals surface area (Å²) < 4.78 is 27.2. The maximum atomic E-state index is 12.2. The van der Waals surface area contributed by atoms with Crippen LogP contribution in [0.1, 0.15) is 19.8 Å². The van der Waals surface area contributed by atoms with Crippen molar-refractivity contribution in [2.75, 3.05) is 19.7 Å². The quantitative estimate of drug-likeness (QED) is 0.761. The third kappa shape index (κ3) is 3.52. The van der Waals surface area contributed by atoms with Gasteiger partial charge < -0.3 is 9.67 Å². The topological polar surface area (TPSA) is 75.4 Å². The number of sulfonamides is 1. The molecule has 0 bridgehead atoms. The van der Waals surface area contributed by atoms with Crippen LogP contribution in [0.25, 0.3) is 0 Å². The Balaban J connectivity index is 2.91. The van der Waals surface area contributed by atoms with Crippen molar-refractivity contribution in [3.8, 4) is 0 Å². The van der Waals surface area contributed by atoms with Gasteiger partial charge in [-0.25, -0.2) is 13.4 Å². The van der Waals surface area contributed by atoms with E-state index in [0.717, 1.165) is 12.8 Å². The molecule has 1 aromatic rings. The number of nitrogens with zero attached hydrogens (tertiary/aromatic N) is 3. The number of hydrogen-bond donors (Lipinski definition) is 1. The average molecular weight is 261 g/mol. The largest absolute Gasteiger partial charge is 0.395 e. The monoisotopic (exact) mass is 261 g/mol. The van der Waals surface area contributed by atoms with Crippen molar-refractivity contribution in [1.82, 2.24) is 13.9 Å². The minimum atomic E-state index is -3.57. The van der Waals surface area contributed by atoms with Gasteiger partial charge in [0.15, 0.2) is 5.03 Å². The van der Waals surface area contributed by atoms with Crippen LogP contribution in [-0.2, 0) is 17.1 Å². The Hall–Kier alpha value is -0.920. The van der Waals surface area contributed by atoms with E-state index in [0.29, 0.717) is 6.54 Å². The molecule has 0 aromatic carbocycles. The third-order valence-electron chi connectivity index (χ3n) is 2.40. The zero-order valence-electron chi connectivity index (χ0n) is 10.2. The second-order valence-corrected chi connectivity index (χ2v) is 5.74. The second kappa shape index (κ2) is 6.13. The molecule has 0 aliphatic rings. The van der Waals surface area contributed by atoms with Crippen molar-refractivity contribution in [3.05, 3.63) is 12.5 Å². The molecule has 1 N–H and O–H groups in total. The molecule has 0 aliphatic heterocycles. The van der Waals surface area contributed by atoms with E-state index in [1.807, 2.05) is 6.92 Å². The molecule has 7 heteroatoms. The molecule has 98 valence electrons. The lowest BCUT2D eigenvalue weighted by atomic mass is 10.3. The van der Waals surface area contributed by atoms with Crippen LogP contribution < -0.4 is 0 Å². The summed E-state index contributed by atoms with van der Waals surface area (Å²) >= 11 is 0. The maximum Gasteiger partial charge on any atom is 0.262 e. The number of aromatic nitrogens is 2. The summed E-state index contributed by atoms with van der Waals surface area (Å²) in [6.45, 7) is 2.33. The Labute approximate surface area is 102 Å². The van der Waals surface area contributed by atoms with Crippen molar-refractivity contribution < 1.29 is 13.5 Å². The van der Waals surface area contributed by atoms with Gasteiger partial charge in [0, 0.05) is 26.3 Å². The summed E-state index contributed by atoms with van der Waals surface area (Å²) in [6.07, 6.45) is 4.58. The van der Waals surface area contributed by atoms with Gasteiger partial charge in [-0.1, -0.05) is 13.3 Å². The van der Waals surface area contributed by atoms with Gasteiger partial charge in [-0.15, -0.1) is 0 Å². The fourth-order valence-electron chi connectivity index (χ4n) is 1.45. The van der Waals surface area contributed by atoms with E-state index < -0.39 is 10.0 Å². The molecular formula is C10H19N3O3S. The van der Waals surface area contributed by atoms with Gasteiger partial charge in [0.05, 0.1) is 12.9 Å². The van der Waals surface area contributed by atoms with Crippen molar-refractivity contribution in [3.63, 3.8) is 0 Å². The first-order chi connectivity index (χ1) is 8.02. The van der Waals surface area contributed by atoms with Gasteiger partial charge in [0.1, 0.15) is 0 Å². The van der Waals surface area contributed by atoms with E-state index in [4.69, 9.17) is 5.11 Å². The van der Waals surface area contributed by atoms with Gasteiger partial charge in [-0.3, -0.25) is 0 Å². The summed E-state index contributed by atoms with van der Waals surface area (Å²) in [6, 6.07) is 0. The molecule has 0 saturated carbocycles. The van der Waals surface area contributed by atoms with Gasteiger partial charge in [0.2, 0.25) is 0 Å². The average Bonchev–Trinajstić information content (AvgIpc) is 2.71. The van der Waals surface area contributed by atoms with Gasteiger partial charge in [-0.2, -0.15) is 4.31 Å². The lowest BCUT2D eigenvalue weighted by Crippen LogP contribution is -2.34. The number of aliphatic hydroxyl groups excluding tert-OH is 1. The van der Waals surface area contributed by atoms with Gasteiger partial charge in [-0.05, 0) is 6.42 Å². The fourth-order valence-corrected chi connectivity index (χ4v) is 2.89. The van der Waals surface area contributed by atoms with Crippen LogP contribution in [-0.4, -0.2) is 47.1 Å². The smallest absolute Gasteiger partial charge is 0.262 e. The first kappa shape index (κ1) is 14.1. The molecule has 0 radical (unpaired) electrons. The Morgan fingerprint density at radius 1 is 1.47 bits per heavy atom. The summed E-state index contributed by atoms with van der Waals surface area (Å²) in [5.41, 5.74) is 0. The standard InChI is InChI=1S/C10H19N3O3S/c1-3-4-5-13(6-7-14)17(15,16)10-8-12(2)9-11-10/h8-9,14H,3-7H2,1-2H3. The van der Waals surface area contributed by atoms with E-state index in [9.17, 15) is 8.42 Å². The van der Waals surface area contributed by atoms with Crippen LogP contribution in [0.3, 0.4) is 0 Å². The number of aryl methyl sites for hydroxylation is 1. The Bertz CT molecular complexity index is 441. The molecule has 0 spiro atoms. The molecule has 0 saturated heterocycles. The van der Waals surface area contributed by atoms with Crippen LogP contribution in [0.15, 0.2) is 17.6 Å². The maximum absolute atomic E-state index is 12.2. The van der Waals surface area contributed by atoms with Gasteiger partial charge in [0.25, 0.3) is 10.0 Å². The third-order valence-corrected chi connectivity index (χ3v) is 4.18.